The Morgan fingerprint density at radius 2 is 2.00 bits per heavy atom. The summed E-state index contributed by atoms with van der Waals surface area (Å²) in [5.41, 5.74) is 6.02. The predicted octanol–water partition coefficient (Wildman–Crippen LogP) is -0.624. The highest BCUT2D eigenvalue weighted by Crippen LogP contribution is 1.97. The van der Waals surface area contributed by atoms with E-state index in [-0.39, 0.29) is 6.54 Å². The van der Waals surface area contributed by atoms with Crippen molar-refractivity contribution < 1.29 is 9.59 Å². The van der Waals surface area contributed by atoms with Gasteiger partial charge in [-0.3, -0.25) is 15.4 Å². The molecular weight excluding hydrogens is 206 g/mol. The normalized spacial score (nSPS) is 12.0. The summed E-state index contributed by atoms with van der Waals surface area (Å²) in [6.07, 6.45) is 0.138. The van der Waals surface area contributed by atoms with Gasteiger partial charge in [0.15, 0.2) is 6.29 Å². The zero-order chi connectivity index (χ0) is 11.8. The van der Waals surface area contributed by atoms with Crippen molar-refractivity contribution in [2.24, 2.45) is 5.73 Å². The summed E-state index contributed by atoms with van der Waals surface area (Å²) >= 11 is 0. The molecule has 0 spiro atoms. The number of amides is 1. The van der Waals surface area contributed by atoms with E-state index < -0.39 is 12.1 Å². The molecule has 0 fully saturated rings. The van der Waals surface area contributed by atoms with Gasteiger partial charge in [0.05, 0.1) is 6.54 Å². The second-order valence-electron chi connectivity index (χ2n) is 3.33. The van der Waals surface area contributed by atoms with Gasteiger partial charge in [0, 0.05) is 6.54 Å². The van der Waals surface area contributed by atoms with E-state index >= 15 is 0 Å². The van der Waals surface area contributed by atoms with Crippen LogP contribution in [0.5, 0.6) is 0 Å². The van der Waals surface area contributed by atoms with Gasteiger partial charge in [-0.1, -0.05) is 30.3 Å². The Bertz CT molecular complexity index is 340. The summed E-state index contributed by atoms with van der Waals surface area (Å²) in [6.45, 7) is 0.529. The van der Waals surface area contributed by atoms with E-state index in [0.717, 1.165) is 5.56 Å². The van der Waals surface area contributed by atoms with Crippen molar-refractivity contribution in [1.82, 2.24) is 10.6 Å². The Balaban J connectivity index is 2.34. The summed E-state index contributed by atoms with van der Waals surface area (Å²) < 4.78 is 0. The topological polar surface area (TPSA) is 84.2 Å². The van der Waals surface area contributed by atoms with Gasteiger partial charge in [-0.2, -0.15) is 0 Å². The number of hydrogen-bond acceptors (Lipinski definition) is 4. The van der Waals surface area contributed by atoms with Gasteiger partial charge in [-0.15, -0.1) is 0 Å². The fourth-order valence-corrected chi connectivity index (χ4v) is 1.20. The summed E-state index contributed by atoms with van der Waals surface area (Å²) in [5, 5.41) is 5.64. The molecule has 0 heterocycles. The molecule has 0 aliphatic rings. The van der Waals surface area contributed by atoms with Gasteiger partial charge < -0.3 is 10.5 Å². The SMILES string of the molecule is NC(=O)CNC(C=O)NCc1ccccc1. The highest BCUT2D eigenvalue weighted by molar-refractivity contribution is 5.76. The number of carbonyl (C=O) groups excluding carboxylic acids is 2. The number of aldehydes is 1. The van der Waals surface area contributed by atoms with Crippen molar-refractivity contribution in [3.63, 3.8) is 0 Å². The highest BCUT2D eigenvalue weighted by atomic mass is 16.1. The maximum absolute atomic E-state index is 10.7. The molecule has 0 saturated carbocycles. The molecule has 1 amide bonds. The number of nitrogens with two attached hydrogens (primary N) is 1. The molecular formula is C11H15N3O2. The molecule has 1 rings (SSSR count). The minimum Gasteiger partial charge on any atom is -0.369 e. The fourth-order valence-electron chi connectivity index (χ4n) is 1.20. The summed E-state index contributed by atoms with van der Waals surface area (Å²) in [4.78, 5) is 21.2. The zero-order valence-electron chi connectivity index (χ0n) is 8.85. The molecule has 0 aliphatic heterocycles. The number of nitrogens with one attached hydrogen (secondary N) is 2. The highest BCUT2D eigenvalue weighted by Gasteiger charge is 2.06. The second kappa shape index (κ2) is 6.71. The fraction of sp³-hybridized carbons (Fsp3) is 0.273. The largest absolute Gasteiger partial charge is 0.369 e. The molecule has 0 aliphatic carbocycles. The summed E-state index contributed by atoms with van der Waals surface area (Å²) in [7, 11) is 0. The molecule has 1 aromatic rings. The lowest BCUT2D eigenvalue weighted by Crippen LogP contribution is -2.46. The third-order valence-corrected chi connectivity index (χ3v) is 2.00. The van der Waals surface area contributed by atoms with Crippen LogP contribution in [0.3, 0.4) is 0 Å². The molecule has 16 heavy (non-hydrogen) atoms. The standard InChI is InChI=1S/C11H15N3O2/c12-10(16)7-14-11(8-15)13-6-9-4-2-1-3-5-9/h1-5,8,11,13-14H,6-7H2,(H2,12,16). The summed E-state index contributed by atoms with van der Waals surface area (Å²) in [5.74, 6) is -0.492. The predicted molar refractivity (Wildman–Crippen MR) is 60.3 cm³/mol. The molecule has 1 aromatic carbocycles. The van der Waals surface area contributed by atoms with Gasteiger partial charge in [0.25, 0.3) is 0 Å². The van der Waals surface area contributed by atoms with Crippen LogP contribution in [-0.4, -0.2) is 24.9 Å². The van der Waals surface area contributed by atoms with E-state index in [1.54, 1.807) is 0 Å². The van der Waals surface area contributed by atoms with Crippen LogP contribution >= 0.6 is 0 Å². The number of primary amides is 1. The number of rotatable bonds is 7. The van der Waals surface area contributed by atoms with Crippen LogP contribution in [0.4, 0.5) is 0 Å². The Hall–Kier alpha value is -1.72. The van der Waals surface area contributed by atoms with Gasteiger partial charge in [0.2, 0.25) is 5.91 Å². The number of benzene rings is 1. The Morgan fingerprint density at radius 3 is 2.56 bits per heavy atom. The van der Waals surface area contributed by atoms with Crippen LogP contribution in [0.25, 0.3) is 0 Å². The van der Waals surface area contributed by atoms with Gasteiger partial charge in [-0.05, 0) is 5.56 Å². The monoisotopic (exact) mass is 221 g/mol. The first-order chi connectivity index (χ1) is 7.72. The van der Waals surface area contributed by atoms with Crippen LogP contribution in [0.2, 0.25) is 0 Å². The minimum atomic E-state index is -0.562. The van der Waals surface area contributed by atoms with E-state index in [4.69, 9.17) is 5.73 Å². The quantitative estimate of drug-likeness (QED) is 0.423. The molecule has 1 unspecified atom stereocenters. The van der Waals surface area contributed by atoms with Crippen molar-refractivity contribution in [2.75, 3.05) is 6.54 Å². The van der Waals surface area contributed by atoms with E-state index in [1.807, 2.05) is 30.3 Å². The lowest BCUT2D eigenvalue weighted by atomic mass is 10.2. The first-order valence-corrected chi connectivity index (χ1v) is 4.96. The molecule has 5 heteroatoms. The van der Waals surface area contributed by atoms with E-state index in [0.29, 0.717) is 12.8 Å². The molecule has 4 N–H and O–H groups in total. The molecule has 0 saturated heterocycles. The number of carbonyl (C=O) groups is 2. The number of hydrogen-bond donors (Lipinski definition) is 3. The molecule has 1 atom stereocenters. The van der Waals surface area contributed by atoms with Crippen LogP contribution in [-0.2, 0) is 16.1 Å². The van der Waals surface area contributed by atoms with Crippen molar-refractivity contribution >= 4 is 12.2 Å². The molecule has 0 radical (unpaired) electrons. The smallest absolute Gasteiger partial charge is 0.231 e. The maximum Gasteiger partial charge on any atom is 0.231 e. The molecule has 0 aromatic heterocycles. The Labute approximate surface area is 94.0 Å². The third-order valence-electron chi connectivity index (χ3n) is 2.00. The van der Waals surface area contributed by atoms with E-state index in [2.05, 4.69) is 10.6 Å². The zero-order valence-corrected chi connectivity index (χ0v) is 8.85. The van der Waals surface area contributed by atoms with Crippen LogP contribution in [0, 0.1) is 0 Å². The molecule has 5 nitrogen and oxygen atoms in total. The van der Waals surface area contributed by atoms with Crippen molar-refractivity contribution in [1.29, 1.82) is 0 Å². The molecule has 0 bridgehead atoms. The Kier molecular flexibility index (Phi) is 5.18. The average molecular weight is 221 g/mol. The lowest BCUT2D eigenvalue weighted by molar-refractivity contribution is -0.117. The third kappa shape index (κ3) is 4.68. The second-order valence-corrected chi connectivity index (χ2v) is 3.33. The Morgan fingerprint density at radius 1 is 1.31 bits per heavy atom. The van der Waals surface area contributed by atoms with Crippen LogP contribution in [0.15, 0.2) is 30.3 Å². The first kappa shape index (κ1) is 12.4. The van der Waals surface area contributed by atoms with Crippen molar-refractivity contribution in [3.8, 4) is 0 Å². The summed E-state index contributed by atoms with van der Waals surface area (Å²) in [6, 6.07) is 9.66. The van der Waals surface area contributed by atoms with Crippen LogP contribution in [0.1, 0.15) is 5.56 Å². The maximum atomic E-state index is 10.7. The average Bonchev–Trinajstić information content (AvgIpc) is 2.30. The van der Waals surface area contributed by atoms with Crippen molar-refractivity contribution in [2.45, 2.75) is 12.7 Å². The van der Waals surface area contributed by atoms with Gasteiger partial charge in [0.1, 0.15) is 6.17 Å². The lowest BCUT2D eigenvalue weighted by Gasteiger charge is -2.13. The first-order valence-electron chi connectivity index (χ1n) is 4.96. The van der Waals surface area contributed by atoms with Gasteiger partial charge in [-0.25, -0.2) is 0 Å². The van der Waals surface area contributed by atoms with Gasteiger partial charge >= 0.3 is 0 Å². The van der Waals surface area contributed by atoms with Crippen LogP contribution < -0.4 is 16.4 Å². The van der Waals surface area contributed by atoms with Crippen molar-refractivity contribution in [3.05, 3.63) is 35.9 Å². The van der Waals surface area contributed by atoms with E-state index in [1.165, 1.54) is 0 Å². The van der Waals surface area contributed by atoms with E-state index in [9.17, 15) is 9.59 Å². The minimum absolute atomic E-state index is 0.0226. The molecule has 86 valence electrons.